The molecular weight excluding hydrogens is 406 g/mol. The first-order valence-electron chi connectivity index (χ1n) is 9.46. The summed E-state index contributed by atoms with van der Waals surface area (Å²) in [6.07, 6.45) is 4.39. The molecule has 2 heterocycles. The van der Waals surface area contributed by atoms with Crippen molar-refractivity contribution in [1.29, 1.82) is 0 Å². The van der Waals surface area contributed by atoms with Crippen LogP contribution in [-0.2, 0) is 22.5 Å². The number of pyridine rings is 1. The van der Waals surface area contributed by atoms with Crippen molar-refractivity contribution in [1.82, 2.24) is 14.5 Å². The fraction of sp³-hybridized carbons (Fsp3) is 0.318. The van der Waals surface area contributed by atoms with E-state index in [4.69, 9.17) is 21.3 Å². The van der Waals surface area contributed by atoms with E-state index in [0.29, 0.717) is 24.4 Å². The third-order valence-corrected chi connectivity index (χ3v) is 5.80. The predicted octanol–water partition coefficient (Wildman–Crippen LogP) is 5.36. The van der Waals surface area contributed by atoms with Gasteiger partial charge in [-0.25, -0.2) is 4.98 Å². The first-order chi connectivity index (χ1) is 14.0. The summed E-state index contributed by atoms with van der Waals surface area (Å²) in [5.41, 5.74) is 2.14. The third kappa shape index (κ3) is 5.61. The van der Waals surface area contributed by atoms with Crippen molar-refractivity contribution in [3.8, 4) is 0 Å². The number of methoxy groups -OCH3 is 1. The van der Waals surface area contributed by atoms with E-state index in [9.17, 15) is 4.79 Å². The van der Waals surface area contributed by atoms with Gasteiger partial charge in [0.05, 0.1) is 19.2 Å². The monoisotopic (exact) mass is 429 g/mol. The van der Waals surface area contributed by atoms with E-state index in [2.05, 4.69) is 23.4 Å². The molecule has 0 atom stereocenters. The van der Waals surface area contributed by atoms with Gasteiger partial charge in [0.1, 0.15) is 10.9 Å². The molecule has 0 aliphatic carbocycles. The lowest BCUT2D eigenvalue weighted by Crippen LogP contribution is -2.10. The maximum Gasteiger partial charge on any atom is 0.305 e. The first-order valence-corrected chi connectivity index (χ1v) is 10.7. The van der Waals surface area contributed by atoms with Crippen LogP contribution >= 0.6 is 23.4 Å². The van der Waals surface area contributed by atoms with Crippen LogP contribution in [0.2, 0.25) is 5.02 Å². The summed E-state index contributed by atoms with van der Waals surface area (Å²) in [6, 6.07) is 11.8. The summed E-state index contributed by atoms with van der Waals surface area (Å²) in [7, 11) is 1.41. The van der Waals surface area contributed by atoms with Crippen LogP contribution in [0.25, 0.3) is 0 Å². The minimum atomic E-state index is -0.237. The van der Waals surface area contributed by atoms with Crippen molar-refractivity contribution in [3.05, 3.63) is 70.9 Å². The summed E-state index contributed by atoms with van der Waals surface area (Å²) < 4.78 is 7.01. The molecular formula is C22H24ClN3O2S. The molecule has 7 heteroatoms. The van der Waals surface area contributed by atoms with Crippen molar-refractivity contribution >= 4 is 29.3 Å². The zero-order chi connectivity index (χ0) is 20.8. The molecule has 0 amide bonds. The number of carbonyl (C=O) groups is 1. The summed E-state index contributed by atoms with van der Waals surface area (Å²) in [5.74, 6) is 0.881. The topological polar surface area (TPSA) is 57.0 Å². The smallest absolute Gasteiger partial charge is 0.305 e. The molecule has 0 radical (unpaired) electrons. The summed E-state index contributed by atoms with van der Waals surface area (Å²) >= 11 is 7.84. The third-order valence-electron chi connectivity index (χ3n) is 4.45. The minimum absolute atomic E-state index is 0.237. The zero-order valence-electron chi connectivity index (χ0n) is 16.8. The Hall–Kier alpha value is -2.31. The number of hydrogen-bond donors (Lipinski definition) is 0. The average molecular weight is 430 g/mol. The average Bonchev–Trinajstić information content (AvgIpc) is 3.04. The lowest BCUT2D eigenvalue weighted by atomic mass is 10.1. The van der Waals surface area contributed by atoms with E-state index in [0.717, 1.165) is 27.0 Å². The molecule has 3 rings (SSSR count). The second kappa shape index (κ2) is 9.94. The molecule has 2 aromatic heterocycles. The van der Waals surface area contributed by atoms with Crippen LogP contribution in [0.15, 0.2) is 58.7 Å². The summed E-state index contributed by atoms with van der Waals surface area (Å²) in [6.45, 7) is 4.91. The lowest BCUT2D eigenvalue weighted by Gasteiger charge is -2.13. The Morgan fingerprint density at radius 3 is 2.66 bits per heavy atom. The van der Waals surface area contributed by atoms with Crippen LogP contribution in [0.1, 0.15) is 43.3 Å². The van der Waals surface area contributed by atoms with Gasteiger partial charge in [0, 0.05) is 35.3 Å². The second-order valence-electron chi connectivity index (χ2n) is 6.95. The molecule has 0 aliphatic rings. The molecule has 0 saturated carbocycles. The maximum absolute atomic E-state index is 11.7. The van der Waals surface area contributed by atoms with Gasteiger partial charge in [-0.3, -0.25) is 9.78 Å². The standard InChI is InChI=1S/C22H24ClN3O2S/c1-15(2)21-22(29-18-6-4-5-17(23)13-18)26(14-16-9-11-24-12-10-16)19(25-21)7-8-20(27)28-3/h4-6,9-13,15H,7-8,14H2,1-3H3. The Balaban J connectivity index is 2.04. The van der Waals surface area contributed by atoms with E-state index >= 15 is 0 Å². The van der Waals surface area contributed by atoms with Gasteiger partial charge in [-0.05, 0) is 41.8 Å². The number of aromatic nitrogens is 3. The Kier molecular flexibility index (Phi) is 7.34. The molecule has 0 saturated heterocycles. The maximum atomic E-state index is 11.7. The lowest BCUT2D eigenvalue weighted by molar-refractivity contribution is -0.140. The number of nitrogens with zero attached hydrogens (tertiary/aromatic N) is 3. The molecule has 0 fully saturated rings. The van der Waals surface area contributed by atoms with Gasteiger partial charge in [0.25, 0.3) is 0 Å². The largest absolute Gasteiger partial charge is 0.469 e. The number of aryl methyl sites for hydroxylation is 1. The van der Waals surface area contributed by atoms with E-state index in [-0.39, 0.29) is 11.9 Å². The van der Waals surface area contributed by atoms with E-state index in [1.165, 1.54) is 7.11 Å². The minimum Gasteiger partial charge on any atom is -0.469 e. The molecule has 5 nitrogen and oxygen atoms in total. The van der Waals surface area contributed by atoms with Crippen molar-refractivity contribution in [2.45, 2.75) is 49.1 Å². The Morgan fingerprint density at radius 2 is 2.00 bits per heavy atom. The molecule has 0 unspecified atom stereocenters. The van der Waals surface area contributed by atoms with Gasteiger partial charge in [-0.2, -0.15) is 0 Å². The number of rotatable bonds is 8. The number of carbonyl (C=O) groups excluding carboxylic acids is 1. The van der Waals surface area contributed by atoms with E-state index in [1.807, 2.05) is 36.4 Å². The van der Waals surface area contributed by atoms with Crippen LogP contribution in [0, 0.1) is 0 Å². The van der Waals surface area contributed by atoms with E-state index in [1.54, 1.807) is 24.2 Å². The summed E-state index contributed by atoms with van der Waals surface area (Å²) in [5, 5.41) is 1.77. The number of halogens is 1. The van der Waals surface area contributed by atoms with Crippen molar-refractivity contribution in [2.24, 2.45) is 0 Å². The van der Waals surface area contributed by atoms with Crippen molar-refractivity contribution < 1.29 is 9.53 Å². The molecule has 29 heavy (non-hydrogen) atoms. The molecule has 0 bridgehead atoms. The normalized spacial score (nSPS) is 11.1. The molecule has 0 aliphatic heterocycles. The molecule has 152 valence electrons. The Bertz CT molecular complexity index is 973. The quantitative estimate of drug-likeness (QED) is 0.451. The van der Waals surface area contributed by atoms with Gasteiger partial charge < -0.3 is 9.30 Å². The van der Waals surface area contributed by atoms with Crippen LogP contribution in [0.3, 0.4) is 0 Å². The second-order valence-corrected chi connectivity index (χ2v) is 8.45. The van der Waals surface area contributed by atoms with Crippen molar-refractivity contribution in [2.75, 3.05) is 7.11 Å². The van der Waals surface area contributed by atoms with Gasteiger partial charge in [0.15, 0.2) is 0 Å². The highest BCUT2D eigenvalue weighted by molar-refractivity contribution is 7.99. The SMILES string of the molecule is COC(=O)CCc1nc(C(C)C)c(Sc2cccc(Cl)c2)n1Cc1ccncc1. The zero-order valence-corrected chi connectivity index (χ0v) is 18.3. The fourth-order valence-corrected chi connectivity index (χ4v) is 4.45. The fourth-order valence-electron chi connectivity index (χ4n) is 2.97. The highest BCUT2D eigenvalue weighted by atomic mass is 35.5. The molecule has 1 aromatic carbocycles. The number of benzene rings is 1. The molecule has 0 spiro atoms. The highest BCUT2D eigenvalue weighted by Gasteiger charge is 2.21. The number of ether oxygens (including phenoxy) is 1. The number of esters is 1. The van der Waals surface area contributed by atoms with Gasteiger partial charge in [-0.15, -0.1) is 0 Å². The molecule has 3 aromatic rings. The van der Waals surface area contributed by atoms with Crippen LogP contribution in [0.5, 0.6) is 0 Å². The van der Waals surface area contributed by atoms with Crippen LogP contribution in [-0.4, -0.2) is 27.6 Å². The predicted molar refractivity (Wildman–Crippen MR) is 116 cm³/mol. The van der Waals surface area contributed by atoms with Crippen LogP contribution in [0.4, 0.5) is 0 Å². The summed E-state index contributed by atoms with van der Waals surface area (Å²) in [4.78, 5) is 21.8. The van der Waals surface area contributed by atoms with Gasteiger partial charge in [-0.1, -0.05) is 43.3 Å². The molecule has 0 N–H and O–H groups in total. The highest BCUT2D eigenvalue weighted by Crippen LogP contribution is 2.36. The number of hydrogen-bond acceptors (Lipinski definition) is 5. The van der Waals surface area contributed by atoms with Gasteiger partial charge >= 0.3 is 5.97 Å². The first kappa shape index (κ1) is 21.4. The van der Waals surface area contributed by atoms with E-state index < -0.39 is 0 Å². The van der Waals surface area contributed by atoms with Gasteiger partial charge in [0.2, 0.25) is 0 Å². The van der Waals surface area contributed by atoms with Crippen molar-refractivity contribution in [3.63, 3.8) is 0 Å². The Morgan fingerprint density at radius 1 is 1.24 bits per heavy atom. The Labute approximate surface area is 180 Å². The van der Waals surface area contributed by atoms with Crippen LogP contribution < -0.4 is 0 Å². The number of imidazole rings is 1.